The number of hydrogen-bond acceptors (Lipinski definition) is 4. The van der Waals surface area contributed by atoms with Gasteiger partial charge in [0.15, 0.2) is 0 Å². The number of imidazole rings is 1. The van der Waals surface area contributed by atoms with E-state index in [9.17, 15) is 4.79 Å². The Bertz CT molecular complexity index is 763. The Morgan fingerprint density at radius 1 is 0.905 bits per heavy atom. The summed E-state index contributed by atoms with van der Waals surface area (Å²) in [5, 5.41) is 8.11. The van der Waals surface area contributed by atoms with Crippen LogP contribution in [0.1, 0.15) is 10.4 Å². The molecule has 0 fully saturated rings. The number of azo groups is 1. The van der Waals surface area contributed by atoms with Gasteiger partial charge in [-0.15, -0.1) is 10.2 Å². The van der Waals surface area contributed by atoms with Crippen LogP contribution in [-0.2, 0) is 0 Å². The number of hydrogen-bond donors (Lipinski definition) is 0. The number of aromatic nitrogens is 2. The monoisotopic (exact) mass is 276 g/mol. The van der Waals surface area contributed by atoms with Gasteiger partial charge in [0.25, 0.3) is 11.9 Å². The summed E-state index contributed by atoms with van der Waals surface area (Å²) in [6.45, 7) is 0. The van der Waals surface area contributed by atoms with Crippen LogP contribution in [-0.4, -0.2) is 15.5 Å². The molecule has 1 heterocycles. The van der Waals surface area contributed by atoms with Crippen LogP contribution in [0.4, 0.5) is 11.6 Å². The number of carbonyl (C=O) groups excluding carboxylic acids is 1. The molecule has 5 nitrogen and oxygen atoms in total. The minimum absolute atomic E-state index is 0.185. The van der Waals surface area contributed by atoms with Crippen molar-refractivity contribution < 1.29 is 4.79 Å². The minimum atomic E-state index is -0.185. The van der Waals surface area contributed by atoms with Crippen LogP contribution in [0.2, 0.25) is 0 Å². The molecule has 3 aromatic rings. The van der Waals surface area contributed by atoms with Gasteiger partial charge < -0.3 is 0 Å². The molecule has 0 radical (unpaired) electrons. The van der Waals surface area contributed by atoms with Crippen LogP contribution in [0, 0.1) is 0 Å². The average molecular weight is 276 g/mol. The van der Waals surface area contributed by atoms with E-state index in [1.165, 1.54) is 10.8 Å². The Hall–Kier alpha value is -3.08. The van der Waals surface area contributed by atoms with Crippen molar-refractivity contribution in [1.29, 1.82) is 0 Å². The number of benzene rings is 2. The van der Waals surface area contributed by atoms with Gasteiger partial charge in [0.1, 0.15) is 0 Å². The van der Waals surface area contributed by atoms with Gasteiger partial charge in [0.2, 0.25) is 0 Å². The fourth-order valence-corrected chi connectivity index (χ4v) is 1.84. The highest BCUT2D eigenvalue weighted by atomic mass is 16.2. The number of nitrogens with zero attached hydrogens (tertiary/aromatic N) is 4. The molecule has 0 aliphatic carbocycles. The van der Waals surface area contributed by atoms with E-state index in [-0.39, 0.29) is 11.9 Å². The molecule has 3 rings (SSSR count). The summed E-state index contributed by atoms with van der Waals surface area (Å²) in [7, 11) is 0. The topological polar surface area (TPSA) is 59.6 Å². The van der Waals surface area contributed by atoms with Gasteiger partial charge in [-0.2, -0.15) is 0 Å². The largest absolute Gasteiger partial charge is 0.268 e. The van der Waals surface area contributed by atoms with Gasteiger partial charge in [-0.05, 0) is 24.3 Å². The minimum Gasteiger partial charge on any atom is -0.268 e. The molecular formula is C16H12N4O. The lowest BCUT2D eigenvalue weighted by molar-refractivity contribution is 0.0961. The van der Waals surface area contributed by atoms with E-state index < -0.39 is 0 Å². The Kier molecular flexibility index (Phi) is 3.64. The van der Waals surface area contributed by atoms with Crippen molar-refractivity contribution in [3.05, 3.63) is 78.6 Å². The maximum Gasteiger partial charge on any atom is 0.264 e. The first-order chi connectivity index (χ1) is 10.3. The van der Waals surface area contributed by atoms with Crippen molar-refractivity contribution in [1.82, 2.24) is 9.55 Å². The second-order valence-corrected chi connectivity index (χ2v) is 4.30. The van der Waals surface area contributed by atoms with Crippen LogP contribution in [0.5, 0.6) is 0 Å². The highest BCUT2D eigenvalue weighted by Crippen LogP contribution is 2.17. The molecule has 102 valence electrons. The van der Waals surface area contributed by atoms with Crippen molar-refractivity contribution in [3.8, 4) is 0 Å². The molecule has 0 saturated heterocycles. The first-order valence-corrected chi connectivity index (χ1v) is 6.44. The average Bonchev–Trinajstić information content (AvgIpc) is 3.02. The molecule has 2 aromatic carbocycles. The summed E-state index contributed by atoms with van der Waals surface area (Å²) in [6, 6.07) is 18.3. The third-order valence-electron chi connectivity index (χ3n) is 2.87. The van der Waals surface area contributed by atoms with Gasteiger partial charge in [0, 0.05) is 18.0 Å². The van der Waals surface area contributed by atoms with Crippen LogP contribution >= 0.6 is 0 Å². The lowest BCUT2D eigenvalue weighted by atomic mass is 10.2. The molecule has 0 N–H and O–H groups in total. The maximum absolute atomic E-state index is 12.4. The molecule has 21 heavy (non-hydrogen) atoms. The molecule has 0 atom stereocenters. The molecule has 0 spiro atoms. The summed E-state index contributed by atoms with van der Waals surface area (Å²) in [5.74, 6) is 0.0721. The molecule has 0 bridgehead atoms. The summed E-state index contributed by atoms with van der Waals surface area (Å²) < 4.78 is 1.38. The zero-order chi connectivity index (χ0) is 14.5. The van der Waals surface area contributed by atoms with Crippen molar-refractivity contribution in [2.45, 2.75) is 0 Å². The van der Waals surface area contributed by atoms with Gasteiger partial charge >= 0.3 is 0 Å². The zero-order valence-corrected chi connectivity index (χ0v) is 11.1. The zero-order valence-electron chi connectivity index (χ0n) is 11.1. The van der Waals surface area contributed by atoms with Crippen LogP contribution < -0.4 is 0 Å². The molecule has 0 unspecified atom stereocenters. The van der Waals surface area contributed by atoms with E-state index in [2.05, 4.69) is 15.2 Å². The van der Waals surface area contributed by atoms with Gasteiger partial charge in [-0.3, -0.25) is 4.79 Å². The van der Waals surface area contributed by atoms with Gasteiger partial charge in [0.05, 0.1) is 5.69 Å². The summed E-state index contributed by atoms with van der Waals surface area (Å²) in [4.78, 5) is 16.4. The smallest absolute Gasteiger partial charge is 0.264 e. The second-order valence-electron chi connectivity index (χ2n) is 4.30. The van der Waals surface area contributed by atoms with Crippen molar-refractivity contribution in [2.24, 2.45) is 10.2 Å². The molecule has 0 amide bonds. The van der Waals surface area contributed by atoms with Crippen molar-refractivity contribution in [3.63, 3.8) is 0 Å². The van der Waals surface area contributed by atoms with Gasteiger partial charge in [-0.25, -0.2) is 9.55 Å². The van der Waals surface area contributed by atoms with E-state index >= 15 is 0 Å². The van der Waals surface area contributed by atoms with Crippen LogP contribution in [0.25, 0.3) is 0 Å². The molecule has 0 aliphatic rings. The predicted molar refractivity (Wildman–Crippen MR) is 79.0 cm³/mol. The van der Waals surface area contributed by atoms with Crippen LogP contribution in [0.3, 0.4) is 0 Å². The Morgan fingerprint density at radius 2 is 1.57 bits per heavy atom. The fourth-order valence-electron chi connectivity index (χ4n) is 1.84. The molecular weight excluding hydrogens is 264 g/mol. The third kappa shape index (κ3) is 2.92. The fraction of sp³-hybridized carbons (Fsp3) is 0. The van der Waals surface area contributed by atoms with Gasteiger partial charge in [-0.1, -0.05) is 36.4 Å². The lowest BCUT2D eigenvalue weighted by Gasteiger charge is -2.02. The molecule has 5 heteroatoms. The Balaban J connectivity index is 1.88. The van der Waals surface area contributed by atoms with Crippen molar-refractivity contribution >= 4 is 17.5 Å². The summed E-state index contributed by atoms with van der Waals surface area (Å²) in [5.41, 5.74) is 1.28. The number of carbonyl (C=O) groups is 1. The normalized spacial score (nSPS) is 10.9. The predicted octanol–water partition coefficient (Wildman–Crippen LogP) is 3.99. The highest BCUT2D eigenvalue weighted by molar-refractivity contribution is 5.97. The quantitative estimate of drug-likeness (QED) is 0.679. The Labute approximate surface area is 121 Å². The van der Waals surface area contributed by atoms with E-state index in [1.807, 2.05) is 48.5 Å². The van der Waals surface area contributed by atoms with Crippen molar-refractivity contribution in [2.75, 3.05) is 0 Å². The first kappa shape index (κ1) is 12.9. The Morgan fingerprint density at radius 3 is 2.29 bits per heavy atom. The van der Waals surface area contributed by atoms with E-state index in [0.717, 1.165) is 0 Å². The van der Waals surface area contributed by atoms with E-state index in [0.29, 0.717) is 11.3 Å². The standard InChI is InChI=1S/C16H12N4O/c21-15(13-7-3-1-4-8-13)20-12-11-17-16(20)19-18-14-9-5-2-6-10-14/h1-12H. The van der Waals surface area contributed by atoms with E-state index in [4.69, 9.17) is 0 Å². The van der Waals surface area contributed by atoms with E-state index in [1.54, 1.807) is 18.3 Å². The lowest BCUT2D eigenvalue weighted by Crippen LogP contribution is -2.10. The summed E-state index contributed by atoms with van der Waals surface area (Å²) in [6.07, 6.45) is 3.11. The highest BCUT2D eigenvalue weighted by Gasteiger charge is 2.12. The molecule has 1 aromatic heterocycles. The maximum atomic E-state index is 12.4. The van der Waals surface area contributed by atoms with Crippen LogP contribution in [0.15, 0.2) is 83.3 Å². The second kappa shape index (κ2) is 5.92. The summed E-state index contributed by atoms with van der Waals surface area (Å²) >= 11 is 0. The molecule has 0 aliphatic heterocycles. The third-order valence-corrected chi connectivity index (χ3v) is 2.87. The molecule has 0 saturated carbocycles. The SMILES string of the molecule is O=C(c1ccccc1)n1ccnc1N=Nc1ccccc1. The first-order valence-electron chi connectivity index (χ1n) is 6.44. The number of rotatable bonds is 3.